The Hall–Kier alpha value is -3.94. The molecule has 3 aromatic rings. The zero-order valence-corrected chi connectivity index (χ0v) is 18.8. The number of methoxy groups -OCH3 is 2. The summed E-state index contributed by atoms with van der Waals surface area (Å²) in [6, 6.07) is 10.5. The van der Waals surface area contributed by atoms with E-state index in [2.05, 4.69) is 19.9 Å². The van der Waals surface area contributed by atoms with Crippen molar-refractivity contribution in [3.05, 3.63) is 70.3 Å². The molecule has 8 bridgehead atoms. The summed E-state index contributed by atoms with van der Waals surface area (Å²) in [4.78, 5) is 43.2. The van der Waals surface area contributed by atoms with Gasteiger partial charge in [-0.2, -0.15) is 0 Å². The SMILES string of the molecule is COC(=O)c1c2nc(cc3ccc([n-]3)c(C(=O)OC)c3nc(cc4ccc1[n-]4)C=C3)C=C2.[Mn+3]. The van der Waals surface area contributed by atoms with Crippen molar-refractivity contribution in [2.75, 3.05) is 14.2 Å². The van der Waals surface area contributed by atoms with Crippen LogP contribution in [0.1, 0.15) is 43.5 Å². The zero-order chi connectivity index (χ0) is 22.2. The van der Waals surface area contributed by atoms with Crippen LogP contribution in [0.5, 0.6) is 0 Å². The van der Waals surface area contributed by atoms with Gasteiger partial charge in [0.1, 0.15) is 0 Å². The quantitative estimate of drug-likeness (QED) is 0.280. The number of nitrogens with zero attached hydrogens (tertiary/aromatic N) is 4. The van der Waals surface area contributed by atoms with Gasteiger partial charge in [-0.3, -0.25) is 0 Å². The van der Waals surface area contributed by atoms with Crippen LogP contribution in [-0.2, 0) is 26.5 Å². The molecule has 5 rings (SSSR count). The molecule has 0 aliphatic carbocycles. The summed E-state index contributed by atoms with van der Waals surface area (Å²) in [6.45, 7) is 0. The third-order valence-corrected chi connectivity index (χ3v) is 5.04. The van der Waals surface area contributed by atoms with Crippen LogP contribution in [0.15, 0.2) is 36.4 Å². The van der Waals surface area contributed by atoms with Crippen molar-refractivity contribution in [1.29, 1.82) is 0 Å². The predicted molar refractivity (Wildman–Crippen MR) is 119 cm³/mol. The summed E-state index contributed by atoms with van der Waals surface area (Å²) >= 11 is 0. The molecular formula is C24H16MnN4O4+. The molecule has 0 amide bonds. The Morgan fingerprint density at radius 2 is 1.12 bits per heavy atom. The van der Waals surface area contributed by atoms with Crippen LogP contribution in [0, 0.1) is 0 Å². The molecule has 0 aromatic carbocycles. The van der Waals surface area contributed by atoms with Crippen molar-refractivity contribution in [2.45, 2.75) is 0 Å². The van der Waals surface area contributed by atoms with Crippen LogP contribution >= 0.6 is 0 Å². The number of aromatic nitrogens is 4. The third-order valence-electron chi connectivity index (χ3n) is 5.04. The normalized spacial score (nSPS) is 11.7. The van der Waals surface area contributed by atoms with Gasteiger partial charge in [-0.15, -0.1) is 22.1 Å². The maximum atomic E-state index is 12.5. The first-order valence-electron chi connectivity index (χ1n) is 9.72. The van der Waals surface area contributed by atoms with E-state index in [0.29, 0.717) is 44.8 Å². The van der Waals surface area contributed by atoms with Crippen LogP contribution in [0.2, 0.25) is 0 Å². The Morgan fingerprint density at radius 3 is 1.52 bits per heavy atom. The number of hydrogen-bond donors (Lipinski definition) is 0. The molecule has 0 N–H and O–H groups in total. The van der Waals surface area contributed by atoms with Crippen molar-refractivity contribution < 1.29 is 36.1 Å². The van der Waals surface area contributed by atoms with Gasteiger partial charge in [-0.05, 0) is 24.3 Å². The monoisotopic (exact) mass is 479 g/mol. The first-order chi connectivity index (χ1) is 15.6. The molecule has 0 atom stereocenters. The minimum absolute atomic E-state index is 0. The Balaban J connectivity index is 0.00000259. The van der Waals surface area contributed by atoms with E-state index in [1.54, 1.807) is 60.7 Å². The fourth-order valence-corrected chi connectivity index (χ4v) is 3.58. The van der Waals surface area contributed by atoms with Gasteiger partial charge in [0.2, 0.25) is 0 Å². The third kappa shape index (κ3) is 4.11. The number of carbonyl (C=O) groups is 2. The fraction of sp³-hybridized carbons (Fsp3) is 0.0833. The molecule has 3 aromatic heterocycles. The smallest absolute Gasteiger partial charge is 0.657 e. The number of ether oxygens (including phenoxy) is 2. The minimum atomic E-state index is -0.528. The topological polar surface area (TPSA) is 107 Å². The predicted octanol–water partition coefficient (Wildman–Crippen LogP) is 3.48. The van der Waals surface area contributed by atoms with Gasteiger partial charge in [0.25, 0.3) is 0 Å². The molecule has 0 radical (unpaired) electrons. The van der Waals surface area contributed by atoms with E-state index >= 15 is 0 Å². The van der Waals surface area contributed by atoms with E-state index in [1.807, 2.05) is 0 Å². The van der Waals surface area contributed by atoms with E-state index in [-0.39, 0.29) is 28.2 Å². The molecule has 0 fully saturated rings. The maximum absolute atomic E-state index is 12.5. The van der Waals surface area contributed by atoms with Crippen molar-refractivity contribution in [3.63, 3.8) is 0 Å². The van der Waals surface area contributed by atoms with Crippen LogP contribution in [0.4, 0.5) is 0 Å². The van der Waals surface area contributed by atoms with Gasteiger partial charge in [0.15, 0.2) is 0 Å². The number of carbonyl (C=O) groups excluding carboxylic acids is 2. The summed E-state index contributed by atoms with van der Waals surface area (Å²) in [6.07, 6.45) is 7.01. The number of esters is 2. The first-order valence-corrected chi connectivity index (χ1v) is 9.72. The van der Waals surface area contributed by atoms with E-state index in [0.717, 1.165) is 0 Å². The van der Waals surface area contributed by atoms with Gasteiger partial charge in [-0.1, -0.05) is 36.4 Å². The summed E-state index contributed by atoms with van der Waals surface area (Å²) in [5.74, 6) is -1.06. The molecule has 2 aliphatic heterocycles. The molecule has 0 saturated heterocycles. The molecule has 9 heteroatoms. The Morgan fingerprint density at radius 1 is 0.697 bits per heavy atom. The van der Waals surface area contributed by atoms with E-state index in [9.17, 15) is 9.59 Å². The van der Waals surface area contributed by atoms with E-state index in [1.165, 1.54) is 14.2 Å². The Bertz CT molecular complexity index is 1380. The van der Waals surface area contributed by atoms with Crippen LogP contribution in [0.25, 0.3) is 46.4 Å². The van der Waals surface area contributed by atoms with Gasteiger partial charge in [0.05, 0.1) is 48.1 Å². The second-order valence-electron chi connectivity index (χ2n) is 7.04. The summed E-state index contributed by atoms with van der Waals surface area (Å²) in [5.41, 5.74) is 4.73. The number of fused-ring (bicyclic) bond motifs is 8. The molecule has 0 saturated carbocycles. The zero-order valence-electron chi connectivity index (χ0n) is 17.6. The molecule has 33 heavy (non-hydrogen) atoms. The summed E-state index contributed by atoms with van der Waals surface area (Å²) in [7, 11) is 2.64. The Labute approximate surface area is 198 Å². The van der Waals surface area contributed by atoms with Crippen LogP contribution in [0.3, 0.4) is 0 Å². The molecule has 2 aliphatic rings. The molecule has 162 valence electrons. The first kappa shape index (κ1) is 22.3. The number of hydrogen-bond acceptors (Lipinski definition) is 6. The average Bonchev–Trinajstić information content (AvgIpc) is 3.58. The largest absolute Gasteiger partial charge is 3.00 e. The molecule has 8 nitrogen and oxygen atoms in total. The minimum Gasteiger partial charge on any atom is -0.657 e. The van der Waals surface area contributed by atoms with Crippen LogP contribution < -0.4 is 9.97 Å². The Kier molecular flexibility index (Phi) is 6.00. The van der Waals surface area contributed by atoms with Crippen molar-refractivity contribution in [2.24, 2.45) is 0 Å². The second-order valence-corrected chi connectivity index (χ2v) is 7.04. The van der Waals surface area contributed by atoms with Crippen LogP contribution in [-0.4, -0.2) is 36.1 Å². The van der Waals surface area contributed by atoms with E-state index < -0.39 is 11.9 Å². The van der Waals surface area contributed by atoms with Gasteiger partial charge in [0, 0.05) is 0 Å². The fourth-order valence-electron chi connectivity index (χ4n) is 3.58. The van der Waals surface area contributed by atoms with Crippen molar-refractivity contribution in [3.8, 4) is 0 Å². The van der Waals surface area contributed by atoms with Crippen molar-refractivity contribution in [1.82, 2.24) is 19.9 Å². The maximum Gasteiger partial charge on any atom is 3.00 e. The molecular weight excluding hydrogens is 463 g/mol. The molecule has 5 heterocycles. The standard InChI is InChI=1S/C24H17N4O4.Mn/c1-31-23(29)21-17-7-3-13(25-17)11-15-5-9-19(27-15)22(24(30)32-2)20-10-6-16(28-20)12-14-4-8-18(21)26-14;/h3-12H,1-2H3,(H-,25,26,27,28,29,30);/q-1;+3/p-1. The molecule has 0 spiro atoms. The van der Waals surface area contributed by atoms with E-state index in [4.69, 9.17) is 9.47 Å². The van der Waals surface area contributed by atoms with Gasteiger partial charge in [-0.25, -0.2) is 19.6 Å². The van der Waals surface area contributed by atoms with Gasteiger partial charge < -0.3 is 19.4 Å². The van der Waals surface area contributed by atoms with Gasteiger partial charge >= 0.3 is 29.0 Å². The second kappa shape index (κ2) is 8.90. The number of rotatable bonds is 2. The average molecular weight is 479 g/mol. The van der Waals surface area contributed by atoms with Crippen molar-refractivity contribution >= 4 is 58.3 Å². The summed E-state index contributed by atoms with van der Waals surface area (Å²) in [5, 5.41) is 0. The molecule has 0 unspecified atom stereocenters. The summed E-state index contributed by atoms with van der Waals surface area (Å²) < 4.78 is 9.94.